The molecule has 1 aromatic carbocycles. The van der Waals surface area contributed by atoms with Gasteiger partial charge < -0.3 is 0 Å². The highest BCUT2D eigenvalue weighted by molar-refractivity contribution is 6.22. The minimum Gasteiger partial charge on any atom is -0.269 e. The predicted octanol–water partition coefficient (Wildman–Crippen LogP) is 3.58. The molecule has 0 saturated heterocycles. The number of benzene rings is 1. The van der Waals surface area contributed by atoms with Gasteiger partial charge in [0.05, 0.1) is 17.2 Å². The van der Waals surface area contributed by atoms with Crippen LogP contribution in [0.2, 0.25) is 0 Å². The average Bonchev–Trinajstić information content (AvgIpc) is 2.69. The highest BCUT2D eigenvalue weighted by Crippen LogP contribution is 2.30. The topological polar surface area (TPSA) is 37.4 Å². The van der Waals surface area contributed by atoms with E-state index >= 15 is 0 Å². The number of rotatable bonds is 6. The second-order valence-electron chi connectivity index (χ2n) is 4.64. The van der Waals surface area contributed by atoms with Gasteiger partial charge in [-0.1, -0.05) is 44.4 Å². The van der Waals surface area contributed by atoms with Crippen LogP contribution in [0.4, 0.5) is 0 Å². The fourth-order valence-corrected chi connectivity index (χ4v) is 2.31. The van der Waals surface area contributed by atoms with Crippen molar-refractivity contribution in [3.63, 3.8) is 0 Å². The minimum absolute atomic E-state index is 0.230. The summed E-state index contributed by atoms with van der Waals surface area (Å²) in [5.41, 5.74) is 0.977. The Kier molecular flexibility index (Phi) is 4.15. The van der Waals surface area contributed by atoms with Crippen LogP contribution in [0.15, 0.2) is 36.9 Å². The molecule has 1 aromatic rings. The van der Waals surface area contributed by atoms with Crippen LogP contribution in [-0.2, 0) is 0 Å². The first-order valence-corrected chi connectivity index (χ1v) is 6.66. The molecule has 0 atom stereocenters. The van der Waals surface area contributed by atoms with Gasteiger partial charge in [0.2, 0.25) is 0 Å². The summed E-state index contributed by atoms with van der Waals surface area (Å²) in [6.45, 7) is 5.85. The molecule has 0 aliphatic carbocycles. The van der Waals surface area contributed by atoms with Crippen molar-refractivity contribution in [3.05, 3.63) is 54.1 Å². The molecule has 0 spiro atoms. The van der Waals surface area contributed by atoms with E-state index in [9.17, 15) is 9.59 Å². The molecule has 1 radical (unpaired) electrons. The molecule has 0 bridgehead atoms. The van der Waals surface area contributed by atoms with Crippen LogP contribution in [0.25, 0.3) is 0 Å². The monoisotopic (exact) mass is 256 g/mol. The van der Waals surface area contributed by atoms with E-state index in [0.29, 0.717) is 23.6 Å². The SMILES string of the molecule is C=C[C](CCCCC)N1C(=O)c2ccccc2C1=O. The van der Waals surface area contributed by atoms with Crippen molar-refractivity contribution in [2.75, 3.05) is 0 Å². The third kappa shape index (κ3) is 2.46. The highest BCUT2D eigenvalue weighted by Gasteiger charge is 2.38. The quantitative estimate of drug-likeness (QED) is 0.576. The largest absolute Gasteiger partial charge is 0.269 e. The van der Waals surface area contributed by atoms with E-state index in [1.165, 1.54) is 4.90 Å². The van der Waals surface area contributed by atoms with Gasteiger partial charge in [-0.05, 0) is 18.6 Å². The zero-order valence-electron chi connectivity index (χ0n) is 11.2. The molecule has 1 aliphatic heterocycles. The molecule has 1 heterocycles. The fraction of sp³-hybridized carbons (Fsp3) is 0.312. The molecular formula is C16H18NO2. The van der Waals surface area contributed by atoms with Gasteiger partial charge >= 0.3 is 0 Å². The Bertz CT molecular complexity index is 472. The van der Waals surface area contributed by atoms with E-state index < -0.39 is 0 Å². The number of unbranched alkanes of at least 4 members (excludes halogenated alkanes) is 2. The Morgan fingerprint density at radius 3 is 2.21 bits per heavy atom. The lowest BCUT2D eigenvalue weighted by Gasteiger charge is -2.21. The van der Waals surface area contributed by atoms with Crippen molar-refractivity contribution in [1.29, 1.82) is 0 Å². The number of imide groups is 1. The molecule has 0 fully saturated rings. The van der Waals surface area contributed by atoms with Crippen molar-refractivity contribution < 1.29 is 9.59 Å². The summed E-state index contributed by atoms with van der Waals surface area (Å²) in [6.07, 6.45) is 5.48. The maximum Gasteiger partial charge on any atom is 0.262 e. The molecule has 0 aromatic heterocycles. The molecule has 3 heteroatoms. The van der Waals surface area contributed by atoms with Crippen molar-refractivity contribution in [2.45, 2.75) is 32.6 Å². The lowest BCUT2D eigenvalue weighted by molar-refractivity contribution is 0.0670. The molecule has 0 N–H and O–H groups in total. The van der Waals surface area contributed by atoms with Gasteiger partial charge in [0.15, 0.2) is 0 Å². The molecule has 1 aliphatic rings. The van der Waals surface area contributed by atoms with Crippen molar-refractivity contribution in [2.24, 2.45) is 0 Å². The standard InChI is InChI=1S/C16H18NO2/c1-3-5-6-9-12(4-2)17-15(18)13-10-7-8-11-14(13)16(17)19/h4,7-8,10-11H,2-3,5-6,9H2,1H3. The van der Waals surface area contributed by atoms with Gasteiger partial charge in [0.1, 0.15) is 0 Å². The van der Waals surface area contributed by atoms with Crippen LogP contribution in [0.5, 0.6) is 0 Å². The Hall–Kier alpha value is -1.90. The maximum atomic E-state index is 12.3. The number of hydrogen-bond donors (Lipinski definition) is 0. The van der Waals surface area contributed by atoms with Crippen molar-refractivity contribution in [3.8, 4) is 0 Å². The molecule has 0 saturated carbocycles. The number of nitrogens with zero attached hydrogens (tertiary/aromatic N) is 1. The minimum atomic E-state index is -0.230. The molecule has 3 nitrogen and oxygen atoms in total. The second-order valence-corrected chi connectivity index (χ2v) is 4.64. The van der Waals surface area contributed by atoms with Crippen LogP contribution in [-0.4, -0.2) is 16.7 Å². The Morgan fingerprint density at radius 2 is 1.74 bits per heavy atom. The summed E-state index contributed by atoms with van der Waals surface area (Å²) in [5, 5.41) is 0. The first kappa shape index (κ1) is 13.5. The molecular weight excluding hydrogens is 238 g/mol. The van der Waals surface area contributed by atoms with E-state index in [2.05, 4.69) is 13.5 Å². The van der Waals surface area contributed by atoms with Crippen LogP contribution < -0.4 is 0 Å². The van der Waals surface area contributed by atoms with Gasteiger partial charge in [-0.25, -0.2) is 0 Å². The predicted molar refractivity (Wildman–Crippen MR) is 74.5 cm³/mol. The van der Waals surface area contributed by atoms with E-state index in [1.54, 1.807) is 30.3 Å². The summed E-state index contributed by atoms with van der Waals surface area (Å²) in [7, 11) is 0. The van der Waals surface area contributed by atoms with Gasteiger partial charge in [0.25, 0.3) is 11.8 Å². The lowest BCUT2D eigenvalue weighted by atomic mass is 10.1. The molecule has 99 valence electrons. The lowest BCUT2D eigenvalue weighted by Crippen LogP contribution is -2.33. The number of carbonyl (C=O) groups is 2. The number of carbonyl (C=O) groups excluding carboxylic acids is 2. The van der Waals surface area contributed by atoms with Gasteiger partial charge in [-0.15, -0.1) is 6.58 Å². The summed E-state index contributed by atoms with van der Waals surface area (Å²) in [6, 6.07) is 7.65. The fourth-order valence-electron chi connectivity index (χ4n) is 2.31. The van der Waals surface area contributed by atoms with Gasteiger partial charge in [0, 0.05) is 0 Å². The zero-order valence-corrected chi connectivity index (χ0v) is 11.2. The maximum absolute atomic E-state index is 12.3. The normalized spacial score (nSPS) is 14.1. The van der Waals surface area contributed by atoms with Crippen molar-refractivity contribution >= 4 is 11.8 Å². The Balaban J connectivity index is 2.20. The second kappa shape index (κ2) is 5.83. The first-order chi connectivity index (χ1) is 9.20. The summed E-state index contributed by atoms with van der Waals surface area (Å²) >= 11 is 0. The third-order valence-electron chi connectivity index (χ3n) is 3.35. The average molecular weight is 256 g/mol. The van der Waals surface area contributed by atoms with Crippen LogP contribution in [0.3, 0.4) is 0 Å². The van der Waals surface area contributed by atoms with Crippen LogP contribution in [0, 0.1) is 6.04 Å². The van der Waals surface area contributed by atoms with Crippen LogP contribution in [0.1, 0.15) is 53.3 Å². The van der Waals surface area contributed by atoms with Gasteiger partial charge in [-0.2, -0.15) is 0 Å². The number of fused-ring (bicyclic) bond motifs is 1. The number of hydrogen-bond acceptors (Lipinski definition) is 2. The van der Waals surface area contributed by atoms with Crippen LogP contribution >= 0.6 is 0 Å². The Morgan fingerprint density at radius 1 is 1.16 bits per heavy atom. The molecule has 2 rings (SSSR count). The summed E-state index contributed by atoms with van der Waals surface area (Å²) in [5.74, 6) is -0.459. The van der Waals surface area contributed by atoms with E-state index in [0.717, 1.165) is 19.3 Å². The zero-order chi connectivity index (χ0) is 13.8. The van der Waals surface area contributed by atoms with E-state index in [1.807, 2.05) is 0 Å². The van der Waals surface area contributed by atoms with Crippen molar-refractivity contribution in [1.82, 2.24) is 4.90 Å². The summed E-state index contributed by atoms with van der Waals surface area (Å²) < 4.78 is 0. The Labute approximate surface area is 113 Å². The first-order valence-electron chi connectivity index (χ1n) is 6.66. The van der Waals surface area contributed by atoms with E-state index in [-0.39, 0.29) is 11.8 Å². The third-order valence-corrected chi connectivity index (χ3v) is 3.35. The van der Waals surface area contributed by atoms with E-state index in [4.69, 9.17) is 0 Å². The number of amides is 2. The summed E-state index contributed by atoms with van der Waals surface area (Å²) in [4.78, 5) is 25.8. The molecule has 0 unspecified atom stereocenters. The highest BCUT2D eigenvalue weighted by atomic mass is 16.2. The molecule has 19 heavy (non-hydrogen) atoms. The smallest absolute Gasteiger partial charge is 0.262 e. The van der Waals surface area contributed by atoms with Gasteiger partial charge in [-0.3, -0.25) is 14.5 Å². The molecule has 2 amide bonds.